The van der Waals surface area contributed by atoms with E-state index in [1.807, 2.05) is 12.1 Å². The van der Waals surface area contributed by atoms with Crippen molar-refractivity contribution in [1.29, 1.82) is 0 Å². The zero-order valence-corrected chi connectivity index (χ0v) is 18.1. The van der Waals surface area contributed by atoms with Gasteiger partial charge in [-0.2, -0.15) is 0 Å². The van der Waals surface area contributed by atoms with Crippen molar-refractivity contribution >= 4 is 35.0 Å². The van der Waals surface area contributed by atoms with Crippen LogP contribution in [0.1, 0.15) is 6.92 Å². The highest BCUT2D eigenvalue weighted by atomic mass is 35.5. The molecule has 3 aromatic rings. The van der Waals surface area contributed by atoms with Crippen LogP contribution in [0.25, 0.3) is 11.3 Å². The Kier molecular flexibility index (Phi) is 7.02. The van der Waals surface area contributed by atoms with Crippen LogP contribution in [0.2, 0.25) is 5.02 Å². The molecule has 1 unspecified atom stereocenters. The molecule has 156 valence electrons. The second kappa shape index (κ2) is 9.69. The molecule has 30 heavy (non-hydrogen) atoms. The van der Waals surface area contributed by atoms with E-state index in [-0.39, 0.29) is 11.5 Å². The standard InChI is InChI=1S/C21H20ClN3O4S/c1-12(20(27)23-17-10-14(22)6-9-18(17)29-3)30-21-24-16(11-19(26)25-21)13-4-7-15(28-2)8-5-13/h4-12H,1-3H3,(H,23,27)(H,24,25,26). The number of hydrogen-bond acceptors (Lipinski definition) is 6. The number of hydrogen-bond donors (Lipinski definition) is 2. The van der Waals surface area contributed by atoms with Crippen molar-refractivity contribution in [1.82, 2.24) is 9.97 Å². The summed E-state index contributed by atoms with van der Waals surface area (Å²) < 4.78 is 10.4. The SMILES string of the molecule is COc1ccc(-c2cc(=O)[nH]c(SC(C)C(=O)Nc3cc(Cl)ccc3OC)n2)cc1. The highest BCUT2D eigenvalue weighted by Crippen LogP contribution is 2.29. The lowest BCUT2D eigenvalue weighted by molar-refractivity contribution is -0.115. The smallest absolute Gasteiger partial charge is 0.252 e. The molecule has 1 amide bonds. The maximum Gasteiger partial charge on any atom is 0.252 e. The van der Waals surface area contributed by atoms with Gasteiger partial charge in [0.15, 0.2) is 5.16 Å². The third-order valence-corrected chi connectivity index (χ3v) is 5.40. The predicted molar refractivity (Wildman–Crippen MR) is 119 cm³/mol. The molecule has 9 heteroatoms. The maximum absolute atomic E-state index is 12.6. The number of amides is 1. The highest BCUT2D eigenvalue weighted by molar-refractivity contribution is 8.00. The third kappa shape index (κ3) is 5.34. The second-order valence-corrected chi connectivity index (χ2v) is 8.02. The van der Waals surface area contributed by atoms with Gasteiger partial charge in [0, 0.05) is 16.7 Å². The molecule has 0 aliphatic rings. The average molecular weight is 446 g/mol. The Balaban J connectivity index is 1.77. The Bertz CT molecular complexity index is 1100. The van der Waals surface area contributed by atoms with Crippen LogP contribution in [0, 0.1) is 0 Å². The second-order valence-electron chi connectivity index (χ2n) is 6.26. The first kappa shape index (κ1) is 21.7. The van der Waals surface area contributed by atoms with E-state index in [2.05, 4.69) is 15.3 Å². The summed E-state index contributed by atoms with van der Waals surface area (Å²) in [6, 6.07) is 13.6. The Morgan fingerprint density at radius 2 is 1.87 bits per heavy atom. The molecule has 0 fully saturated rings. The number of nitrogens with one attached hydrogen (secondary N) is 2. The summed E-state index contributed by atoms with van der Waals surface area (Å²) in [6.45, 7) is 1.72. The summed E-state index contributed by atoms with van der Waals surface area (Å²) >= 11 is 7.15. The zero-order valence-electron chi connectivity index (χ0n) is 16.6. The molecular formula is C21H20ClN3O4S. The van der Waals surface area contributed by atoms with Gasteiger partial charge in [-0.05, 0) is 49.4 Å². The van der Waals surface area contributed by atoms with Crippen molar-refractivity contribution in [3.63, 3.8) is 0 Å². The molecular weight excluding hydrogens is 426 g/mol. The van der Waals surface area contributed by atoms with Crippen LogP contribution in [0.3, 0.4) is 0 Å². The molecule has 3 rings (SSSR count). The molecule has 0 saturated heterocycles. The fraction of sp³-hybridized carbons (Fsp3) is 0.190. The van der Waals surface area contributed by atoms with Gasteiger partial charge >= 0.3 is 0 Å². The minimum atomic E-state index is -0.539. The lowest BCUT2D eigenvalue weighted by atomic mass is 10.1. The van der Waals surface area contributed by atoms with Crippen molar-refractivity contribution < 1.29 is 14.3 Å². The fourth-order valence-electron chi connectivity index (χ4n) is 2.63. The largest absolute Gasteiger partial charge is 0.497 e. The minimum Gasteiger partial charge on any atom is -0.497 e. The quantitative estimate of drug-likeness (QED) is 0.417. The number of halogens is 1. The van der Waals surface area contributed by atoms with Crippen LogP contribution < -0.4 is 20.3 Å². The van der Waals surface area contributed by atoms with Crippen molar-refractivity contribution in [2.24, 2.45) is 0 Å². The summed E-state index contributed by atoms with van der Waals surface area (Å²) in [5, 5.41) is 3.07. The van der Waals surface area contributed by atoms with Crippen LogP contribution in [-0.2, 0) is 4.79 Å². The summed E-state index contributed by atoms with van der Waals surface area (Å²) in [7, 11) is 3.09. The lowest BCUT2D eigenvalue weighted by Gasteiger charge is -2.14. The third-order valence-electron chi connectivity index (χ3n) is 4.18. The number of nitrogens with zero attached hydrogens (tertiary/aromatic N) is 1. The minimum absolute atomic E-state index is 0.280. The highest BCUT2D eigenvalue weighted by Gasteiger charge is 2.18. The van der Waals surface area contributed by atoms with Gasteiger partial charge in [0.1, 0.15) is 11.5 Å². The molecule has 2 N–H and O–H groups in total. The zero-order chi connectivity index (χ0) is 21.7. The van der Waals surface area contributed by atoms with Crippen LogP contribution in [0.15, 0.2) is 58.5 Å². The average Bonchev–Trinajstić information content (AvgIpc) is 2.73. The van der Waals surface area contributed by atoms with Crippen molar-refractivity contribution in [3.05, 3.63) is 63.9 Å². The number of aromatic amines is 1. The van der Waals surface area contributed by atoms with E-state index >= 15 is 0 Å². The number of carbonyl (C=O) groups excluding carboxylic acids is 1. The first-order chi connectivity index (χ1) is 14.4. The number of thioether (sulfide) groups is 1. The number of H-pyrrole nitrogens is 1. The molecule has 7 nitrogen and oxygen atoms in total. The number of anilines is 1. The molecule has 0 radical (unpaired) electrons. The predicted octanol–water partition coefficient (Wildman–Crippen LogP) is 4.23. The number of methoxy groups -OCH3 is 2. The van der Waals surface area contributed by atoms with E-state index in [0.717, 1.165) is 17.3 Å². The van der Waals surface area contributed by atoms with E-state index in [1.165, 1.54) is 13.2 Å². The molecule has 1 aromatic heterocycles. The first-order valence-electron chi connectivity index (χ1n) is 8.96. The fourth-order valence-corrected chi connectivity index (χ4v) is 3.62. The number of aromatic nitrogens is 2. The molecule has 0 bridgehead atoms. The van der Waals surface area contributed by atoms with Gasteiger partial charge in [0.2, 0.25) is 5.91 Å². The van der Waals surface area contributed by atoms with Gasteiger partial charge in [-0.1, -0.05) is 23.4 Å². The molecule has 0 aliphatic heterocycles. The van der Waals surface area contributed by atoms with Crippen molar-refractivity contribution in [3.8, 4) is 22.8 Å². The van der Waals surface area contributed by atoms with Gasteiger partial charge in [-0.25, -0.2) is 4.98 Å². The number of ether oxygens (including phenoxy) is 2. The summed E-state index contributed by atoms with van der Waals surface area (Å²) in [5.41, 5.74) is 1.44. The van der Waals surface area contributed by atoms with Crippen molar-refractivity contribution in [2.45, 2.75) is 17.3 Å². The van der Waals surface area contributed by atoms with Gasteiger partial charge in [-0.3, -0.25) is 9.59 Å². The van der Waals surface area contributed by atoms with E-state index in [4.69, 9.17) is 21.1 Å². The molecule has 0 saturated carbocycles. The first-order valence-corrected chi connectivity index (χ1v) is 10.2. The molecule has 2 aromatic carbocycles. The number of benzene rings is 2. The van der Waals surface area contributed by atoms with Gasteiger partial charge in [-0.15, -0.1) is 0 Å². The van der Waals surface area contributed by atoms with Gasteiger partial charge in [0.25, 0.3) is 5.56 Å². The number of carbonyl (C=O) groups is 1. The summed E-state index contributed by atoms with van der Waals surface area (Å²) in [5.74, 6) is 0.927. The molecule has 1 heterocycles. The normalized spacial score (nSPS) is 11.6. The van der Waals surface area contributed by atoms with Crippen LogP contribution in [0.5, 0.6) is 11.5 Å². The van der Waals surface area contributed by atoms with E-state index in [0.29, 0.717) is 33.1 Å². The Morgan fingerprint density at radius 1 is 1.13 bits per heavy atom. The Morgan fingerprint density at radius 3 is 2.53 bits per heavy atom. The van der Waals surface area contributed by atoms with E-state index in [1.54, 1.807) is 44.4 Å². The van der Waals surface area contributed by atoms with Crippen molar-refractivity contribution in [2.75, 3.05) is 19.5 Å². The molecule has 0 aliphatic carbocycles. The van der Waals surface area contributed by atoms with Crippen LogP contribution >= 0.6 is 23.4 Å². The molecule has 0 spiro atoms. The van der Waals surface area contributed by atoms with Crippen LogP contribution in [-0.4, -0.2) is 35.3 Å². The summed E-state index contributed by atoms with van der Waals surface area (Å²) in [4.78, 5) is 31.9. The Labute approximate surface area is 182 Å². The maximum atomic E-state index is 12.6. The lowest BCUT2D eigenvalue weighted by Crippen LogP contribution is -2.23. The van der Waals surface area contributed by atoms with Crippen LogP contribution in [0.4, 0.5) is 5.69 Å². The van der Waals surface area contributed by atoms with Gasteiger partial charge < -0.3 is 19.8 Å². The van der Waals surface area contributed by atoms with E-state index in [9.17, 15) is 9.59 Å². The number of rotatable bonds is 7. The van der Waals surface area contributed by atoms with Gasteiger partial charge in [0.05, 0.1) is 30.9 Å². The topological polar surface area (TPSA) is 93.3 Å². The van der Waals surface area contributed by atoms with E-state index < -0.39 is 5.25 Å². The monoisotopic (exact) mass is 445 g/mol. The summed E-state index contributed by atoms with van der Waals surface area (Å²) in [6.07, 6.45) is 0. The Hall–Kier alpha value is -2.97. The molecule has 1 atom stereocenters.